The third-order valence-electron chi connectivity index (χ3n) is 2.65. The number of hydrogen-bond donors (Lipinski definition) is 1. The second-order valence-electron chi connectivity index (χ2n) is 4.08. The van der Waals surface area contributed by atoms with E-state index in [-0.39, 0.29) is 5.95 Å². The summed E-state index contributed by atoms with van der Waals surface area (Å²) in [5.41, 5.74) is 7.20. The Morgan fingerprint density at radius 1 is 1.05 bits per heavy atom. The highest BCUT2D eigenvalue weighted by atomic mass is 79.9. The van der Waals surface area contributed by atoms with Crippen LogP contribution in [0.2, 0.25) is 0 Å². The molecule has 2 N–H and O–H groups in total. The maximum absolute atomic E-state index is 5.65. The predicted octanol–water partition coefficient (Wildman–Crippen LogP) is 2.74. The maximum atomic E-state index is 5.65. The van der Waals surface area contributed by atoms with Gasteiger partial charge in [0.2, 0.25) is 5.95 Å². The lowest BCUT2D eigenvalue weighted by Gasteiger charge is -2.06. The number of aromatic nitrogens is 4. The number of hydrogen-bond acceptors (Lipinski definition) is 5. The van der Waals surface area contributed by atoms with Gasteiger partial charge in [-0.2, -0.15) is 9.97 Å². The second kappa shape index (κ2) is 4.55. The van der Waals surface area contributed by atoms with E-state index in [9.17, 15) is 0 Å². The molecular formula is C13H10BrN5. The van der Waals surface area contributed by atoms with Crippen molar-refractivity contribution in [3.8, 4) is 11.5 Å². The van der Waals surface area contributed by atoms with Crippen LogP contribution in [-0.2, 0) is 0 Å². The van der Waals surface area contributed by atoms with Crippen LogP contribution in [0.25, 0.3) is 22.4 Å². The van der Waals surface area contributed by atoms with E-state index in [1.165, 1.54) is 0 Å². The molecule has 5 nitrogen and oxygen atoms in total. The van der Waals surface area contributed by atoms with Gasteiger partial charge >= 0.3 is 0 Å². The van der Waals surface area contributed by atoms with Crippen molar-refractivity contribution in [2.24, 2.45) is 0 Å². The van der Waals surface area contributed by atoms with E-state index in [0.29, 0.717) is 17.3 Å². The quantitative estimate of drug-likeness (QED) is 0.747. The van der Waals surface area contributed by atoms with E-state index in [4.69, 9.17) is 5.73 Å². The molecule has 0 aliphatic rings. The van der Waals surface area contributed by atoms with Gasteiger partial charge < -0.3 is 5.73 Å². The number of benzene rings is 1. The fourth-order valence-corrected chi connectivity index (χ4v) is 2.37. The van der Waals surface area contributed by atoms with Gasteiger partial charge in [0.1, 0.15) is 11.5 Å². The summed E-state index contributed by atoms with van der Waals surface area (Å²) in [6, 6.07) is 9.86. The average molecular weight is 316 g/mol. The summed E-state index contributed by atoms with van der Waals surface area (Å²) in [6.45, 7) is 1.77. The van der Waals surface area contributed by atoms with Crippen molar-refractivity contribution < 1.29 is 0 Å². The first kappa shape index (κ1) is 12.0. The Labute approximate surface area is 118 Å². The van der Waals surface area contributed by atoms with Gasteiger partial charge in [-0.15, -0.1) is 0 Å². The molecular weight excluding hydrogens is 306 g/mol. The number of nitrogens with two attached hydrogens (primary N) is 1. The van der Waals surface area contributed by atoms with Crippen LogP contribution in [0.15, 0.2) is 34.8 Å². The summed E-state index contributed by atoms with van der Waals surface area (Å²) in [6.07, 6.45) is 0. The van der Waals surface area contributed by atoms with Gasteiger partial charge in [0.05, 0.1) is 5.52 Å². The number of nitrogens with zero attached hydrogens (tertiary/aromatic N) is 4. The highest BCUT2D eigenvalue weighted by molar-refractivity contribution is 9.10. The molecule has 0 unspecified atom stereocenters. The first-order chi connectivity index (χ1) is 9.13. The van der Waals surface area contributed by atoms with Crippen molar-refractivity contribution in [3.05, 3.63) is 40.6 Å². The van der Waals surface area contributed by atoms with Crippen molar-refractivity contribution >= 4 is 32.8 Å². The minimum atomic E-state index is 0.198. The van der Waals surface area contributed by atoms with Gasteiger partial charge in [0.25, 0.3) is 0 Å². The summed E-state index contributed by atoms with van der Waals surface area (Å²) in [5, 5.41) is 1.05. The van der Waals surface area contributed by atoms with Gasteiger partial charge in [-0.1, -0.05) is 18.2 Å². The van der Waals surface area contributed by atoms with Crippen LogP contribution in [-0.4, -0.2) is 19.9 Å². The Morgan fingerprint density at radius 2 is 1.84 bits per heavy atom. The van der Waals surface area contributed by atoms with Crippen LogP contribution < -0.4 is 5.73 Å². The lowest BCUT2D eigenvalue weighted by atomic mass is 10.2. The van der Waals surface area contributed by atoms with Crippen molar-refractivity contribution in [3.63, 3.8) is 0 Å². The molecule has 0 saturated carbocycles. The van der Waals surface area contributed by atoms with Crippen molar-refractivity contribution in [1.29, 1.82) is 0 Å². The fraction of sp³-hybridized carbons (Fsp3) is 0.0769. The lowest BCUT2D eigenvalue weighted by Crippen LogP contribution is -2.03. The summed E-state index contributed by atoms with van der Waals surface area (Å²) in [5.74, 6) is 1.25. The molecule has 3 rings (SSSR count). The Morgan fingerprint density at radius 3 is 2.63 bits per heavy atom. The van der Waals surface area contributed by atoms with Crippen LogP contribution >= 0.6 is 15.9 Å². The molecule has 6 heteroatoms. The first-order valence-electron chi connectivity index (χ1n) is 5.67. The molecule has 0 aliphatic heterocycles. The number of rotatable bonds is 1. The number of halogens is 1. The van der Waals surface area contributed by atoms with Crippen molar-refractivity contribution in [1.82, 2.24) is 19.9 Å². The average Bonchev–Trinajstić information content (AvgIpc) is 2.36. The third-order valence-corrected chi connectivity index (χ3v) is 3.26. The zero-order valence-electron chi connectivity index (χ0n) is 10.1. The van der Waals surface area contributed by atoms with E-state index in [1.807, 2.05) is 30.3 Å². The van der Waals surface area contributed by atoms with Crippen LogP contribution in [0.3, 0.4) is 0 Å². The lowest BCUT2D eigenvalue weighted by molar-refractivity contribution is 0.988. The predicted molar refractivity (Wildman–Crippen MR) is 77.4 cm³/mol. The summed E-state index contributed by atoms with van der Waals surface area (Å²) in [4.78, 5) is 16.9. The number of pyridine rings is 1. The van der Waals surface area contributed by atoms with E-state index in [2.05, 4.69) is 35.9 Å². The first-order valence-corrected chi connectivity index (χ1v) is 6.46. The van der Waals surface area contributed by atoms with Gasteiger partial charge in [-0.05, 0) is 35.0 Å². The van der Waals surface area contributed by atoms with E-state index >= 15 is 0 Å². The number of para-hydroxylation sites is 1. The van der Waals surface area contributed by atoms with Gasteiger partial charge in [0, 0.05) is 9.86 Å². The zero-order chi connectivity index (χ0) is 13.4. The van der Waals surface area contributed by atoms with Gasteiger partial charge in [-0.25, -0.2) is 9.97 Å². The van der Waals surface area contributed by atoms with Crippen LogP contribution in [0, 0.1) is 6.92 Å². The molecule has 1 aromatic carbocycles. The molecule has 2 heterocycles. The number of aryl methyl sites for hydroxylation is 1. The number of anilines is 1. The SMILES string of the molecule is Cc1nc(N)nc(-c2nc3ccccc3cc2Br)n1. The summed E-state index contributed by atoms with van der Waals surface area (Å²) < 4.78 is 0.830. The summed E-state index contributed by atoms with van der Waals surface area (Å²) >= 11 is 3.50. The highest BCUT2D eigenvalue weighted by Gasteiger charge is 2.11. The van der Waals surface area contributed by atoms with Gasteiger partial charge in [0.15, 0.2) is 5.82 Å². The van der Waals surface area contributed by atoms with Crippen LogP contribution in [0.5, 0.6) is 0 Å². The third kappa shape index (κ3) is 2.26. The molecule has 19 heavy (non-hydrogen) atoms. The number of fused-ring (bicyclic) bond motifs is 1. The molecule has 2 aromatic heterocycles. The van der Waals surface area contributed by atoms with E-state index < -0.39 is 0 Å². The fourth-order valence-electron chi connectivity index (χ4n) is 1.86. The van der Waals surface area contributed by atoms with Crippen LogP contribution in [0.1, 0.15) is 5.82 Å². The molecule has 94 valence electrons. The Balaban J connectivity index is 2.26. The Kier molecular flexibility index (Phi) is 2.87. The monoisotopic (exact) mass is 315 g/mol. The van der Waals surface area contributed by atoms with Gasteiger partial charge in [-0.3, -0.25) is 0 Å². The smallest absolute Gasteiger partial charge is 0.223 e. The van der Waals surface area contributed by atoms with Crippen molar-refractivity contribution in [2.75, 3.05) is 5.73 Å². The topological polar surface area (TPSA) is 77.6 Å². The minimum absolute atomic E-state index is 0.198. The summed E-state index contributed by atoms with van der Waals surface area (Å²) in [7, 11) is 0. The zero-order valence-corrected chi connectivity index (χ0v) is 11.7. The van der Waals surface area contributed by atoms with E-state index in [0.717, 1.165) is 15.4 Å². The maximum Gasteiger partial charge on any atom is 0.223 e. The Hall–Kier alpha value is -2.08. The van der Waals surface area contributed by atoms with Crippen molar-refractivity contribution in [2.45, 2.75) is 6.92 Å². The molecule has 0 spiro atoms. The standard InChI is InChI=1S/C13H10BrN5/c1-7-16-12(19-13(15)17-7)11-9(14)6-8-4-2-3-5-10(8)18-11/h2-6H,1H3,(H2,15,16,17,19). The largest absolute Gasteiger partial charge is 0.368 e. The highest BCUT2D eigenvalue weighted by Crippen LogP contribution is 2.27. The molecule has 0 saturated heterocycles. The molecule has 0 aliphatic carbocycles. The second-order valence-corrected chi connectivity index (χ2v) is 4.93. The Bertz CT molecular complexity index is 752. The molecule has 0 atom stereocenters. The molecule has 3 aromatic rings. The van der Waals surface area contributed by atoms with E-state index in [1.54, 1.807) is 6.92 Å². The minimum Gasteiger partial charge on any atom is -0.368 e. The normalized spacial score (nSPS) is 10.8. The molecule has 0 bridgehead atoms. The molecule has 0 radical (unpaired) electrons. The molecule has 0 amide bonds. The number of nitrogen functional groups attached to an aromatic ring is 1. The molecule has 0 fully saturated rings. The van der Waals surface area contributed by atoms with Crippen LogP contribution in [0.4, 0.5) is 5.95 Å².